The van der Waals surface area contributed by atoms with Crippen LogP contribution < -0.4 is 5.32 Å². The van der Waals surface area contributed by atoms with Gasteiger partial charge in [-0.2, -0.15) is 5.26 Å². The summed E-state index contributed by atoms with van der Waals surface area (Å²) in [5.74, 6) is -1.48. The summed E-state index contributed by atoms with van der Waals surface area (Å²) in [5.41, 5.74) is 0.679. The van der Waals surface area contributed by atoms with E-state index < -0.39 is 17.9 Å². The summed E-state index contributed by atoms with van der Waals surface area (Å²) in [7, 11) is 0. The summed E-state index contributed by atoms with van der Waals surface area (Å²) in [6.45, 7) is 0. The minimum absolute atomic E-state index is 0.125. The van der Waals surface area contributed by atoms with Crippen molar-refractivity contribution in [1.82, 2.24) is 5.32 Å². The van der Waals surface area contributed by atoms with E-state index >= 15 is 0 Å². The molecular weight excluding hydrogens is 220 g/mol. The van der Waals surface area contributed by atoms with Gasteiger partial charge in [0.2, 0.25) is 5.91 Å². The molecule has 0 aliphatic heterocycles. The first-order chi connectivity index (χ1) is 8.13. The van der Waals surface area contributed by atoms with Gasteiger partial charge >= 0.3 is 5.97 Å². The molecule has 1 atom stereocenters. The molecule has 0 aliphatic carbocycles. The minimum atomic E-state index is -1.03. The smallest absolute Gasteiger partial charge is 0.303 e. The third-order valence-corrected chi connectivity index (χ3v) is 2.13. The predicted molar refractivity (Wildman–Crippen MR) is 59.8 cm³/mol. The number of rotatable bonds is 5. The van der Waals surface area contributed by atoms with Gasteiger partial charge in [0.25, 0.3) is 0 Å². The largest absolute Gasteiger partial charge is 0.481 e. The number of carboxylic acid groups (broad SMARTS) is 1. The van der Waals surface area contributed by atoms with Crippen molar-refractivity contribution < 1.29 is 14.7 Å². The number of hydrogen-bond donors (Lipinski definition) is 2. The summed E-state index contributed by atoms with van der Waals surface area (Å²) in [6, 6.07) is 10.0. The number of aliphatic carboxylic acids is 1. The molecule has 0 saturated carbocycles. The van der Waals surface area contributed by atoms with Crippen LogP contribution in [0.5, 0.6) is 0 Å². The molecule has 0 bridgehead atoms. The Morgan fingerprint density at radius 1 is 1.29 bits per heavy atom. The molecule has 0 aromatic heterocycles. The molecule has 1 aromatic rings. The molecule has 0 radical (unpaired) electrons. The summed E-state index contributed by atoms with van der Waals surface area (Å²) >= 11 is 0. The fraction of sp³-hybridized carbons (Fsp3) is 0.250. The highest BCUT2D eigenvalue weighted by Crippen LogP contribution is 2.11. The van der Waals surface area contributed by atoms with E-state index in [0.717, 1.165) is 0 Å². The van der Waals surface area contributed by atoms with Crippen LogP contribution in [0, 0.1) is 11.3 Å². The van der Waals surface area contributed by atoms with Gasteiger partial charge in [-0.25, -0.2) is 0 Å². The van der Waals surface area contributed by atoms with E-state index in [4.69, 9.17) is 10.4 Å². The first-order valence-electron chi connectivity index (χ1n) is 5.09. The Balaban J connectivity index is 2.57. The molecule has 17 heavy (non-hydrogen) atoms. The van der Waals surface area contributed by atoms with Gasteiger partial charge in [0.05, 0.1) is 12.5 Å². The van der Waals surface area contributed by atoms with Gasteiger partial charge in [0.1, 0.15) is 6.04 Å². The number of nitriles is 1. The van der Waals surface area contributed by atoms with Crippen molar-refractivity contribution in [1.29, 1.82) is 5.26 Å². The first-order valence-corrected chi connectivity index (χ1v) is 5.09. The molecule has 0 spiro atoms. The normalized spacial score (nSPS) is 11.2. The van der Waals surface area contributed by atoms with E-state index in [-0.39, 0.29) is 12.8 Å². The van der Waals surface area contributed by atoms with Crippen molar-refractivity contribution in [3.8, 4) is 6.07 Å². The molecule has 0 fully saturated rings. The molecule has 88 valence electrons. The van der Waals surface area contributed by atoms with Crippen LogP contribution >= 0.6 is 0 Å². The maximum atomic E-state index is 11.4. The minimum Gasteiger partial charge on any atom is -0.481 e. The lowest BCUT2D eigenvalue weighted by atomic mass is 10.1. The monoisotopic (exact) mass is 232 g/mol. The third kappa shape index (κ3) is 4.34. The highest BCUT2D eigenvalue weighted by atomic mass is 16.4. The quantitative estimate of drug-likeness (QED) is 0.798. The average molecular weight is 232 g/mol. The molecule has 5 nitrogen and oxygen atoms in total. The van der Waals surface area contributed by atoms with Gasteiger partial charge in [-0.15, -0.1) is 0 Å². The molecule has 1 aromatic carbocycles. The topological polar surface area (TPSA) is 90.2 Å². The highest BCUT2D eigenvalue weighted by Gasteiger charge is 2.13. The third-order valence-electron chi connectivity index (χ3n) is 2.13. The van der Waals surface area contributed by atoms with Crippen LogP contribution in [-0.4, -0.2) is 17.0 Å². The van der Waals surface area contributed by atoms with Crippen molar-refractivity contribution in [2.75, 3.05) is 0 Å². The van der Waals surface area contributed by atoms with Crippen molar-refractivity contribution in [2.45, 2.75) is 18.9 Å². The summed E-state index contributed by atoms with van der Waals surface area (Å²) < 4.78 is 0. The van der Waals surface area contributed by atoms with Gasteiger partial charge in [-0.3, -0.25) is 9.59 Å². The van der Waals surface area contributed by atoms with Gasteiger partial charge < -0.3 is 10.4 Å². The molecule has 1 amide bonds. The Labute approximate surface area is 98.7 Å². The number of benzene rings is 1. The summed E-state index contributed by atoms with van der Waals surface area (Å²) in [6.07, 6.45) is -0.362. The second kappa shape index (κ2) is 6.28. The number of carboxylic acids is 1. The van der Waals surface area contributed by atoms with Crippen LogP contribution in [0.3, 0.4) is 0 Å². The van der Waals surface area contributed by atoms with E-state index in [1.165, 1.54) is 0 Å². The zero-order valence-electron chi connectivity index (χ0n) is 9.09. The fourth-order valence-corrected chi connectivity index (χ4v) is 1.29. The van der Waals surface area contributed by atoms with E-state index in [1.807, 2.05) is 12.1 Å². The Kier molecular flexibility index (Phi) is 4.70. The van der Waals surface area contributed by atoms with Crippen LogP contribution in [-0.2, 0) is 9.59 Å². The number of carbonyl (C=O) groups excluding carboxylic acids is 1. The van der Waals surface area contributed by atoms with Crippen LogP contribution in [0.15, 0.2) is 30.3 Å². The maximum Gasteiger partial charge on any atom is 0.303 e. The van der Waals surface area contributed by atoms with Crippen LogP contribution in [0.4, 0.5) is 0 Å². The molecule has 1 unspecified atom stereocenters. The van der Waals surface area contributed by atoms with Crippen molar-refractivity contribution in [3.05, 3.63) is 35.9 Å². The average Bonchev–Trinajstić information content (AvgIpc) is 2.34. The van der Waals surface area contributed by atoms with E-state index in [9.17, 15) is 9.59 Å². The lowest BCUT2D eigenvalue weighted by molar-refractivity contribution is -0.138. The molecule has 2 N–H and O–H groups in total. The SMILES string of the molecule is N#CC(NC(=O)CCC(=O)O)c1ccccc1. The standard InChI is InChI=1S/C12H12N2O3/c13-8-10(9-4-2-1-3-5-9)14-11(15)6-7-12(16)17/h1-5,10H,6-7H2,(H,14,15)(H,16,17). The van der Waals surface area contributed by atoms with Crippen LogP contribution in [0.25, 0.3) is 0 Å². The molecule has 0 heterocycles. The summed E-state index contributed by atoms with van der Waals surface area (Å²) in [4.78, 5) is 21.6. The highest BCUT2D eigenvalue weighted by molar-refractivity contribution is 5.81. The molecular formula is C12H12N2O3. The molecule has 0 saturated heterocycles. The van der Waals surface area contributed by atoms with Gasteiger partial charge in [0.15, 0.2) is 0 Å². The van der Waals surface area contributed by atoms with Crippen molar-refractivity contribution >= 4 is 11.9 Å². The zero-order valence-corrected chi connectivity index (χ0v) is 9.09. The van der Waals surface area contributed by atoms with Crippen LogP contribution in [0.1, 0.15) is 24.4 Å². The lowest BCUT2D eigenvalue weighted by Gasteiger charge is -2.11. The second-order valence-corrected chi connectivity index (χ2v) is 3.43. The van der Waals surface area contributed by atoms with E-state index in [1.54, 1.807) is 24.3 Å². The molecule has 0 aliphatic rings. The number of amides is 1. The van der Waals surface area contributed by atoms with Gasteiger partial charge in [0, 0.05) is 6.42 Å². The second-order valence-electron chi connectivity index (χ2n) is 3.43. The predicted octanol–water partition coefficient (Wildman–Crippen LogP) is 1.23. The number of nitrogens with zero attached hydrogens (tertiary/aromatic N) is 1. The Hall–Kier alpha value is -2.35. The maximum absolute atomic E-state index is 11.4. The van der Waals surface area contributed by atoms with Gasteiger partial charge in [-0.1, -0.05) is 30.3 Å². The Morgan fingerprint density at radius 2 is 1.94 bits per heavy atom. The van der Waals surface area contributed by atoms with Crippen LogP contribution in [0.2, 0.25) is 0 Å². The Morgan fingerprint density at radius 3 is 2.47 bits per heavy atom. The number of hydrogen-bond acceptors (Lipinski definition) is 3. The number of carbonyl (C=O) groups is 2. The first kappa shape index (κ1) is 12.7. The van der Waals surface area contributed by atoms with E-state index in [2.05, 4.69) is 5.32 Å². The lowest BCUT2D eigenvalue weighted by Crippen LogP contribution is -2.27. The van der Waals surface area contributed by atoms with Crippen molar-refractivity contribution in [2.24, 2.45) is 0 Å². The molecule has 1 rings (SSSR count). The molecule has 5 heteroatoms. The summed E-state index contributed by atoms with van der Waals surface area (Å²) in [5, 5.41) is 19.8. The van der Waals surface area contributed by atoms with E-state index in [0.29, 0.717) is 5.56 Å². The Bertz CT molecular complexity index is 437. The number of nitrogens with one attached hydrogen (secondary N) is 1. The van der Waals surface area contributed by atoms with Crippen molar-refractivity contribution in [3.63, 3.8) is 0 Å². The fourth-order valence-electron chi connectivity index (χ4n) is 1.29. The van der Waals surface area contributed by atoms with Gasteiger partial charge in [-0.05, 0) is 5.56 Å². The zero-order chi connectivity index (χ0) is 12.7.